The number of hydrogen-bond donors (Lipinski definition) is 2. The van der Waals surface area contributed by atoms with Crippen molar-refractivity contribution < 1.29 is 23.9 Å². The highest BCUT2D eigenvalue weighted by molar-refractivity contribution is 6.05. The number of imide groups is 1. The van der Waals surface area contributed by atoms with Crippen molar-refractivity contribution in [3.8, 4) is 0 Å². The zero-order valence-corrected chi connectivity index (χ0v) is 21.0. The average Bonchev–Trinajstić information content (AvgIpc) is 3.25. The van der Waals surface area contributed by atoms with Crippen LogP contribution in [0.15, 0.2) is 42.6 Å². The smallest absolute Gasteiger partial charge is 0.410 e. The number of carbonyl (C=O) groups is 4. The maximum absolute atomic E-state index is 12.8. The number of hydrogen-bond acceptors (Lipinski definition) is 8. The van der Waals surface area contributed by atoms with Crippen LogP contribution in [0.2, 0.25) is 0 Å². The Balaban J connectivity index is 0.970. The highest BCUT2D eigenvalue weighted by Gasteiger charge is 2.46. The second kappa shape index (κ2) is 10.1. The van der Waals surface area contributed by atoms with Gasteiger partial charge in [0, 0.05) is 57.4 Å². The topological polar surface area (TPSA) is 124 Å². The number of amides is 4. The van der Waals surface area contributed by atoms with Crippen molar-refractivity contribution in [3.05, 3.63) is 59.3 Å². The van der Waals surface area contributed by atoms with E-state index in [1.807, 2.05) is 36.4 Å². The maximum atomic E-state index is 12.8. The Morgan fingerprint density at radius 3 is 2.68 bits per heavy atom. The van der Waals surface area contributed by atoms with Crippen molar-refractivity contribution in [2.24, 2.45) is 0 Å². The molecule has 2 aromatic rings. The molecule has 5 aliphatic heterocycles. The highest BCUT2D eigenvalue weighted by Crippen LogP contribution is 2.32. The summed E-state index contributed by atoms with van der Waals surface area (Å²) in [7, 11) is 0. The maximum Gasteiger partial charge on any atom is 0.410 e. The summed E-state index contributed by atoms with van der Waals surface area (Å²) in [6.45, 7) is 3.44. The molecule has 4 amide bonds. The van der Waals surface area contributed by atoms with E-state index in [0.29, 0.717) is 56.1 Å². The summed E-state index contributed by atoms with van der Waals surface area (Å²) < 4.78 is 5.49. The summed E-state index contributed by atoms with van der Waals surface area (Å²) in [4.78, 5) is 59.2. The molecule has 38 heavy (non-hydrogen) atoms. The molecule has 11 nitrogen and oxygen atoms in total. The predicted molar refractivity (Wildman–Crippen MR) is 136 cm³/mol. The van der Waals surface area contributed by atoms with Crippen LogP contribution in [0.5, 0.6) is 0 Å². The number of rotatable bonds is 7. The molecule has 0 saturated carbocycles. The van der Waals surface area contributed by atoms with Gasteiger partial charge >= 0.3 is 6.09 Å². The van der Waals surface area contributed by atoms with E-state index in [2.05, 4.69) is 20.5 Å². The van der Waals surface area contributed by atoms with Gasteiger partial charge in [-0.2, -0.15) is 0 Å². The number of aromatic nitrogens is 1. The van der Waals surface area contributed by atoms with E-state index in [-0.39, 0.29) is 30.9 Å². The van der Waals surface area contributed by atoms with Crippen molar-refractivity contribution in [1.82, 2.24) is 25.0 Å². The molecule has 3 unspecified atom stereocenters. The molecule has 2 N–H and O–H groups in total. The molecule has 4 saturated heterocycles. The Morgan fingerprint density at radius 1 is 1.13 bits per heavy atom. The number of nitrogens with zero attached hydrogens (tertiary/aromatic N) is 4. The van der Waals surface area contributed by atoms with Crippen LogP contribution in [-0.4, -0.2) is 87.8 Å². The zero-order chi connectivity index (χ0) is 26.2. The van der Waals surface area contributed by atoms with Crippen molar-refractivity contribution in [3.63, 3.8) is 0 Å². The van der Waals surface area contributed by atoms with Gasteiger partial charge in [0.15, 0.2) is 0 Å². The minimum atomic E-state index is -0.634. The first-order chi connectivity index (χ1) is 18.5. The van der Waals surface area contributed by atoms with Crippen molar-refractivity contribution in [2.45, 2.75) is 50.5 Å². The van der Waals surface area contributed by atoms with Crippen LogP contribution in [0, 0.1) is 0 Å². The molecular weight excluding hydrogens is 488 g/mol. The largest absolute Gasteiger partial charge is 0.445 e. The summed E-state index contributed by atoms with van der Waals surface area (Å²) in [5, 5.41) is 5.67. The molecule has 0 aliphatic carbocycles. The van der Waals surface area contributed by atoms with Crippen LogP contribution in [0.4, 0.5) is 10.6 Å². The Kier molecular flexibility index (Phi) is 6.44. The predicted octanol–water partition coefficient (Wildman–Crippen LogP) is 1.35. The van der Waals surface area contributed by atoms with E-state index < -0.39 is 11.9 Å². The van der Waals surface area contributed by atoms with Gasteiger partial charge in [-0.05, 0) is 30.0 Å². The van der Waals surface area contributed by atoms with Crippen molar-refractivity contribution in [1.29, 1.82) is 0 Å². The molecule has 198 valence electrons. The lowest BCUT2D eigenvalue weighted by atomic mass is 9.87. The van der Waals surface area contributed by atoms with E-state index in [4.69, 9.17) is 4.74 Å². The van der Waals surface area contributed by atoms with E-state index >= 15 is 0 Å². The fraction of sp³-hybridized carbons (Fsp3) is 0.444. The van der Waals surface area contributed by atoms with Crippen molar-refractivity contribution in [2.75, 3.05) is 31.5 Å². The minimum Gasteiger partial charge on any atom is -0.445 e. The van der Waals surface area contributed by atoms with Crippen LogP contribution < -0.4 is 10.6 Å². The molecule has 5 aliphatic rings. The number of piperazine rings is 1. The molecule has 0 radical (unpaired) electrons. The minimum absolute atomic E-state index is 0.228. The number of carbonyl (C=O) groups excluding carboxylic acids is 4. The number of nitrogens with one attached hydrogen (secondary N) is 2. The summed E-state index contributed by atoms with van der Waals surface area (Å²) in [6.07, 6.45) is 2.95. The number of fused-ring (bicyclic) bond motifs is 3. The second-order valence-electron chi connectivity index (χ2n) is 10.3. The lowest BCUT2D eigenvalue weighted by Gasteiger charge is -2.56. The van der Waals surface area contributed by atoms with E-state index in [1.54, 1.807) is 11.1 Å². The lowest BCUT2D eigenvalue weighted by Crippen LogP contribution is -2.69. The van der Waals surface area contributed by atoms with Gasteiger partial charge in [0.25, 0.3) is 5.91 Å². The molecule has 7 rings (SSSR count). The fourth-order valence-electron chi connectivity index (χ4n) is 5.88. The first kappa shape index (κ1) is 24.4. The van der Waals surface area contributed by atoms with Crippen LogP contribution in [0.3, 0.4) is 0 Å². The third-order valence-electron chi connectivity index (χ3n) is 7.89. The molecule has 4 fully saturated rings. The number of ether oxygens (including phenoxy) is 1. The van der Waals surface area contributed by atoms with Crippen LogP contribution >= 0.6 is 0 Å². The van der Waals surface area contributed by atoms with Gasteiger partial charge in [0.2, 0.25) is 11.8 Å². The second-order valence-corrected chi connectivity index (χ2v) is 10.3. The third-order valence-corrected chi connectivity index (χ3v) is 7.89. The van der Waals surface area contributed by atoms with Crippen LogP contribution in [-0.2, 0) is 27.5 Å². The lowest BCUT2D eigenvalue weighted by molar-refractivity contribution is -0.136. The molecular formula is C27H30N6O5. The Morgan fingerprint density at radius 2 is 1.92 bits per heavy atom. The molecule has 0 spiro atoms. The van der Waals surface area contributed by atoms with Crippen molar-refractivity contribution >= 4 is 29.6 Å². The van der Waals surface area contributed by atoms with Crippen LogP contribution in [0.25, 0.3) is 0 Å². The average molecular weight is 519 g/mol. The normalized spacial score (nSPS) is 24.5. The van der Waals surface area contributed by atoms with Gasteiger partial charge in [-0.25, -0.2) is 9.78 Å². The van der Waals surface area contributed by atoms with E-state index in [1.165, 1.54) is 4.90 Å². The van der Waals surface area contributed by atoms with Gasteiger partial charge < -0.3 is 19.9 Å². The number of piperidine rings is 2. The summed E-state index contributed by atoms with van der Waals surface area (Å²) >= 11 is 0. The van der Waals surface area contributed by atoms with Gasteiger partial charge in [-0.1, -0.05) is 30.3 Å². The summed E-state index contributed by atoms with van der Waals surface area (Å²) in [5.74, 6) is -0.269. The molecule has 3 atom stereocenters. The molecule has 2 bridgehead atoms. The van der Waals surface area contributed by atoms with Gasteiger partial charge in [0.05, 0.1) is 5.56 Å². The molecule has 6 heterocycles. The van der Waals surface area contributed by atoms with Gasteiger partial charge in [-0.15, -0.1) is 0 Å². The Bertz CT molecular complexity index is 1260. The standard InChI is InChI=1S/C27H30N6O5/c34-24-7-6-22(25(35)30-24)33-13-18-10-23(29-12-21(18)26(33)36)28-8-9-32-19-11-20(32)15-31(14-19)27(37)38-16-17-4-2-1-3-5-17/h1-5,10,12,19-20,22H,6-9,11,13-16H2,(H,28,29)(H,30,34,35). The number of benzene rings is 1. The van der Waals surface area contributed by atoms with Gasteiger partial charge in [0.1, 0.15) is 18.5 Å². The zero-order valence-electron chi connectivity index (χ0n) is 21.0. The molecule has 11 heteroatoms. The SMILES string of the molecule is O=C1CCC(N2Cc3cc(NCCN4C5CC4CN(C(=O)OCc4ccccc4)C5)ncc3C2=O)C(=O)N1. The summed E-state index contributed by atoms with van der Waals surface area (Å²) in [6, 6.07) is 11.6. The van der Waals surface area contributed by atoms with E-state index in [0.717, 1.165) is 24.1 Å². The Labute approximate surface area is 220 Å². The third kappa shape index (κ3) is 4.69. The summed E-state index contributed by atoms with van der Waals surface area (Å²) in [5.41, 5.74) is 2.29. The Hall–Kier alpha value is -3.99. The molecule has 1 aromatic carbocycles. The van der Waals surface area contributed by atoms with Crippen LogP contribution in [0.1, 0.15) is 40.7 Å². The first-order valence-electron chi connectivity index (χ1n) is 13.0. The van der Waals surface area contributed by atoms with E-state index in [9.17, 15) is 19.2 Å². The number of anilines is 1. The quantitative estimate of drug-likeness (QED) is 0.527. The first-order valence-corrected chi connectivity index (χ1v) is 13.0. The monoisotopic (exact) mass is 518 g/mol. The van der Waals surface area contributed by atoms with Gasteiger partial charge in [-0.3, -0.25) is 24.6 Å². The number of pyridine rings is 1. The molecule has 1 aromatic heterocycles. The highest BCUT2D eigenvalue weighted by atomic mass is 16.6. The fourth-order valence-corrected chi connectivity index (χ4v) is 5.88.